The monoisotopic (exact) mass is 293 g/mol. The maximum atomic E-state index is 12.5. The topological polar surface area (TPSA) is 68.0 Å². The number of hydrogen-bond acceptors (Lipinski definition) is 4. The van der Waals surface area contributed by atoms with Crippen molar-refractivity contribution in [1.29, 1.82) is 0 Å². The van der Waals surface area contributed by atoms with E-state index in [-0.39, 0.29) is 5.91 Å². The summed E-state index contributed by atoms with van der Waals surface area (Å²) in [6.45, 7) is 2.18. The smallest absolute Gasteiger partial charge is 0.257 e. The number of pyridine rings is 1. The number of carbonyl (C=O) groups excluding carboxylic acids is 1. The molecule has 22 heavy (non-hydrogen) atoms. The van der Waals surface area contributed by atoms with Crippen LogP contribution in [0.4, 0.5) is 0 Å². The summed E-state index contributed by atoms with van der Waals surface area (Å²) >= 11 is 0. The lowest BCUT2D eigenvalue weighted by atomic mass is 10.1. The van der Waals surface area contributed by atoms with Gasteiger partial charge in [-0.15, -0.1) is 0 Å². The molecular formula is C17H15N3O2. The van der Waals surface area contributed by atoms with Gasteiger partial charge in [0.1, 0.15) is 17.0 Å². The van der Waals surface area contributed by atoms with Crippen LogP contribution in [0.2, 0.25) is 0 Å². The van der Waals surface area contributed by atoms with Gasteiger partial charge in [-0.05, 0) is 24.6 Å². The van der Waals surface area contributed by atoms with Crippen molar-refractivity contribution in [3.63, 3.8) is 0 Å². The SMILES string of the molecule is Cc1onc(-c2cccnc2)c1C(=O)NCc1ccccc1. The van der Waals surface area contributed by atoms with Crippen LogP contribution in [0.1, 0.15) is 21.7 Å². The number of rotatable bonds is 4. The summed E-state index contributed by atoms with van der Waals surface area (Å²) in [5.74, 6) is 0.283. The van der Waals surface area contributed by atoms with Crippen LogP contribution in [0.3, 0.4) is 0 Å². The number of benzene rings is 1. The zero-order chi connectivity index (χ0) is 15.4. The van der Waals surface area contributed by atoms with E-state index in [1.54, 1.807) is 25.4 Å². The van der Waals surface area contributed by atoms with Crippen LogP contribution < -0.4 is 5.32 Å². The summed E-state index contributed by atoms with van der Waals surface area (Å²) < 4.78 is 5.18. The molecule has 0 aliphatic heterocycles. The molecule has 0 atom stereocenters. The zero-order valence-electron chi connectivity index (χ0n) is 12.1. The molecule has 2 heterocycles. The summed E-state index contributed by atoms with van der Waals surface area (Å²) in [6.07, 6.45) is 3.33. The number of carbonyl (C=O) groups is 1. The van der Waals surface area contributed by atoms with Crippen molar-refractivity contribution in [2.75, 3.05) is 0 Å². The van der Waals surface area contributed by atoms with Crippen molar-refractivity contribution < 1.29 is 9.32 Å². The molecule has 0 saturated carbocycles. The van der Waals surface area contributed by atoms with Crippen molar-refractivity contribution in [2.45, 2.75) is 13.5 Å². The Morgan fingerprint density at radius 2 is 2.00 bits per heavy atom. The molecule has 3 rings (SSSR count). The molecule has 1 aromatic carbocycles. The van der Waals surface area contributed by atoms with Gasteiger partial charge in [0, 0.05) is 24.5 Å². The highest BCUT2D eigenvalue weighted by Crippen LogP contribution is 2.24. The molecule has 2 aromatic heterocycles. The third-order valence-corrected chi connectivity index (χ3v) is 3.32. The van der Waals surface area contributed by atoms with Crippen molar-refractivity contribution in [3.8, 4) is 11.3 Å². The Morgan fingerprint density at radius 1 is 1.18 bits per heavy atom. The van der Waals surface area contributed by atoms with Gasteiger partial charge in [-0.2, -0.15) is 0 Å². The van der Waals surface area contributed by atoms with Gasteiger partial charge in [-0.25, -0.2) is 0 Å². The summed E-state index contributed by atoms with van der Waals surface area (Å²) in [4.78, 5) is 16.5. The predicted molar refractivity (Wildman–Crippen MR) is 82.1 cm³/mol. The van der Waals surface area contributed by atoms with Gasteiger partial charge < -0.3 is 9.84 Å². The van der Waals surface area contributed by atoms with Crippen LogP contribution in [-0.4, -0.2) is 16.0 Å². The van der Waals surface area contributed by atoms with Gasteiger partial charge in [0.25, 0.3) is 5.91 Å². The molecule has 0 fully saturated rings. The third kappa shape index (κ3) is 2.88. The first-order valence-corrected chi connectivity index (χ1v) is 6.94. The minimum absolute atomic E-state index is 0.207. The maximum Gasteiger partial charge on any atom is 0.257 e. The first-order chi connectivity index (χ1) is 10.8. The van der Waals surface area contributed by atoms with E-state index in [2.05, 4.69) is 15.5 Å². The van der Waals surface area contributed by atoms with Crippen LogP contribution in [0.25, 0.3) is 11.3 Å². The fraction of sp³-hybridized carbons (Fsp3) is 0.118. The largest absolute Gasteiger partial charge is 0.360 e. The van der Waals surface area contributed by atoms with E-state index in [1.165, 1.54) is 0 Å². The fourth-order valence-electron chi connectivity index (χ4n) is 2.21. The Morgan fingerprint density at radius 3 is 2.73 bits per heavy atom. The summed E-state index contributed by atoms with van der Waals surface area (Å²) in [5, 5.41) is 6.88. The minimum Gasteiger partial charge on any atom is -0.360 e. The normalized spacial score (nSPS) is 10.4. The lowest BCUT2D eigenvalue weighted by Gasteiger charge is -2.05. The average molecular weight is 293 g/mol. The van der Waals surface area contributed by atoms with Gasteiger partial charge in [0.2, 0.25) is 0 Å². The number of hydrogen-bond donors (Lipinski definition) is 1. The van der Waals surface area contributed by atoms with E-state index in [9.17, 15) is 4.79 Å². The van der Waals surface area contributed by atoms with Crippen molar-refractivity contribution >= 4 is 5.91 Å². The highest BCUT2D eigenvalue weighted by atomic mass is 16.5. The number of nitrogens with one attached hydrogen (secondary N) is 1. The number of aryl methyl sites for hydroxylation is 1. The van der Waals surface area contributed by atoms with Gasteiger partial charge in [0.05, 0.1) is 0 Å². The highest BCUT2D eigenvalue weighted by molar-refractivity contribution is 6.00. The lowest BCUT2D eigenvalue weighted by Crippen LogP contribution is -2.23. The van der Waals surface area contributed by atoms with E-state index < -0.39 is 0 Å². The Kier molecular flexibility index (Phi) is 3.96. The van der Waals surface area contributed by atoms with E-state index >= 15 is 0 Å². The van der Waals surface area contributed by atoms with Gasteiger partial charge >= 0.3 is 0 Å². The lowest BCUT2D eigenvalue weighted by molar-refractivity contribution is 0.0950. The Bertz CT molecular complexity index is 767. The molecule has 0 aliphatic rings. The molecule has 0 bridgehead atoms. The minimum atomic E-state index is -0.207. The first kappa shape index (κ1) is 14.0. The van der Waals surface area contributed by atoms with Crippen LogP contribution in [0, 0.1) is 6.92 Å². The molecule has 1 amide bonds. The molecule has 0 aliphatic carbocycles. The highest BCUT2D eigenvalue weighted by Gasteiger charge is 2.21. The van der Waals surface area contributed by atoms with E-state index in [4.69, 9.17) is 4.52 Å². The molecule has 5 nitrogen and oxygen atoms in total. The summed E-state index contributed by atoms with van der Waals surface area (Å²) in [6, 6.07) is 13.4. The molecule has 0 radical (unpaired) electrons. The summed E-state index contributed by atoms with van der Waals surface area (Å²) in [7, 11) is 0. The predicted octanol–water partition coefficient (Wildman–Crippen LogP) is 2.98. The maximum absolute atomic E-state index is 12.5. The standard InChI is InChI=1S/C17H15N3O2/c1-12-15(16(20-22-12)14-8-5-9-18-11-14)17(21)19-10-13-6-3-2-4-7-13/h2-9,11H,10H2,1H3,(H,19,21). The number of aromatic nitrogens is 2. The summed E-state index contributed by atoms with van der Waals surface area (Å²) in [5.41, 5.74) is 2.75. The number of nitrogens with zero attached hydrogens (tertiary/aromatic N) is 2. The molecule has 0 spiro atoms. The fourth-order valence-corrected chi connectivity index (χ4v) is 2.21. The molecule has 0 unspecified atom stereocenters. The average Bonchev–Trinajstić information content (AvgIpc) is 2.96. The molecule has 5 heteroatoms. The van der Waals surface area contributed by atoms with Crippen LogP contribution >= 0.6 is 0 Å². The second kappa shape index (κ2) is 6.22. The van der Waals surface area contributed by atoms with E-state index in [0.29, 0.717) is 23.6 Å². The Hall–Kier alpha value is -2.95. The van der Waals surface area contributed by atoms with Crippen molar-refractivity contribution in [3.05, 3.63) is 71.7 Å². The van der Waals surface area contributed by atoms with Crippen LogP contribution in [-0.2, 0) is 6.54 Å². The Balaban J connectivity index is 1.82. The number of amides is 1. The van der Waals surface area contributed by atoms with Crippen molar-refractivity contribution in [1.82, 2.24) is 15.5 Å². The van der Waals surface area contributed by atoms with Gasteiger partial charge in [-0.1, -0.05) is 35.5 Å². The van der Waals surface area contributed by atoms with E-state index in [0.717, 1.165) is 11.1 Å². The molecular weight excluding hydrogens is 278 g/mol. The molecule has 0 saturated heterocycles. The van der Waals surface area contributed by atoms with Gasteiger partial charge in [-0.3, -0.25) is 9.78 Å². The second-order valence-corrected chi connectivity index (χ2v) is 4.87. The quantitative estimate of drug-likeness (QED) is 0.803. The Labute approximate surface area is 128 Å². The second-order valence-electron chi connectivity index (χ2n) is 4.87. The molecule has 1 N–H and O–H groups in total. The van der Waals surface area contributed by atoms with Crippen LogP contribution in [0.15, 0.2) is 59.4 Å². The zero-order valence-corrected chi connectivity index (χ0v) is 12.1. The van der Waals surface area contributed by atoms with Crippen LogP contribution in [0.5, 0.6) is 0 Å². The third-order valence-electron chi connectivity index (χ3n) is 3.32. The van der Waals surface area contributed by atoms with E-state index in [1.807, 2.05) is 36.4 Å². The van der Waals surface area contributed by atoms with Gasteiger partial charge in [0.15, 0.2) is 0 Å². The first-order valence-electron chi connectivity index (χ1n) is 6.94. The van der Waals surface area contributed by atoms with Crippen molar-refractivity contribution in [2.24, 2.45) is 0 Å². The molecule has 110 valence electrons. The molecule has 3 aromatic rings.